The van der Waals surface area contributed by atoms with Gasteiger partial charge in [-0.15, -0.1) is 0 Å². The van der Waals surface area contributed by atoms with E-state index in [1.54, 1.807) is 31.2 Å². The molecule has 0 saturated heterocycles. The molecule has 0 radical (unpaired) electrons. The summed E-state index contributed by atoms with van der Waals surface area (Å²) in [5.41, 5.74) is 1.25. The Bertz CT molecular complexity index is 404. The third kappa shape index (κ3) is 1.02. The van der Waals surface area contributed by atoms with E-state index in [4.69, 9.17) is 0 Å². The molecular weight excluding hydrogens is 167 g/mol. The maximum atomic E-state index is 13.5. The van der Waals surface area contributed by atoms with E-state index in [9.17, 15) is 9.18 Å². The van der Waals surface area contributed by atoms with Crippen molar-refractivity contribution in [3.05, 3.63) is 41.0 Å². The number of fused-ring (bicyclic) bond motifs is 1. The lowest BCUT2D eigenvalue weighted by Gasteiger charge is -1.94. The van der Waals surface area contributed by atoms with Crippen molar-refractivity contribution >= 4 is 11.6 Å². The standard InChI is InChI=1S/C11H9FO/c1-2-7-10(12)8-5-3-4-6-9(8)11(7)13/h3-6H,2H2,1H3. The number of carbonyl (C=O) groups excluding carboxylic acids is 1. The van der Waals surface area contributed by atoms with Crippen LogP contribution in [0, 0.1) is 0 Å². The van der Waals surface area contributed by atoms with E-state index < -0.39 is 0 Å². The van der Waals surface area contributed by atoms with E-state index >= 15 is 0 Å². The Morgan fingerprint density at radius 3 is 2.38 bits per heavy atom. The van der Waals surface area contributed by atoms with E-state index in [0.717, 1.165) is 0 Å². The molecule has 0 fully saturated rings. The zero-order valence-electron chi connectivity index (χ0n) is 7.30. The van der Waals surface area contributed by atoms with Gasteiger partial charge in [-0.3, -0.25) is 4.79 Å². The highest BCUT2D eigenvalue weighted by molar-refractivity contribution is 6.19. The van der Waals surface area contributed by atoms with Crippen LogP contribution in [0.3, 0.4) is 0 Å². The van der Waals surface area contributed by atoms with Crippen molar-refractivity contribution in [3.63, 3.8) is 0 Å². The Labute approximate surface area is 75.9 Å². The van der Waals surface area contributed by atoms with Crippen LogP contribution >= 0.6 is 0 Å². The molecule has 2 rings (SSSR count). The van der Waals surface area contributed by atoms with E-state index in [0.29, 0.717) is 23.1 Å². The van der Waals surface area contributed by atoms with Crippen molar-refractivity contribution in [1.29, 1.82) is 0 Å². The van der Waals surface area contributed by atoms with Gasteiger partial charge in [0.2, 0.25) is 0 Å². The highest BCUT2D eigenvalue weighted by Gasteiger charge is 2.27. The maximum absolute atomic E-state index is 13.5. The second-order valence-corrected chi connectivity index (χ2v) is 3.02. The molecular formula is C11H9FO. The van der Waals surface area contributed by atoms with Gasteiger partial charge in [0.05, 0.1) is 0 Å². The number of Topliss-reactive ketones (excluding diaryl/α,β-unsaturated/α-hetero) is 1. The fourth-order valence-electron chi connectivity index (χ4n) is 1.61. The third-order valence-corrected chi connectivity index (χ3v) is 2.30. The van der Waals surface area contributed by atoms with Gasteiger partial charge in [-0.25, -0.2) is 4.39 Å². The number of rotatable bonds is 1. The number of carbonyl (C=O) groups is 1. The summed E-state index contributed by atoms with van der Waals surface area (Å²) in [6.07, 6.45) is 0.458. The van der Waals surface area contributed by atoms with E-state index in [2.05, 4.69) is 0 Å². The number of hydrogen-bond donors (Lipinski definition) is 0. The predicted molar refractivity (Wildman–Crippen MR) is 49.1 cm³/mol. The molecule has 0 bridgehead atoms. The summed E-state index contributed by atoms with van der Waals surface area (Å²) in [5, 5.41) is 0. The molecule has 0 aromatic heterocycles. The molecule has 0 heterocycles. The molecule has 0 saturated carbocycles. The highest BCUT2D eigenvalue weighted by atomic mass is 19.1. The fourth-order valence-corrected chi connectivity index (χ4v) is 1.61. The number of benzene rings is 1. The van der Waals surface area contributed by atoms with Crippen LogP contribution in [0.25, 0.3) is 5.83 Å². The molecule has 1 aliphatic rings. The minimum absolute atomic E-state index is 0.157. The first-order chi connectivity index (χ1) is 6.25. The third-order valence-electron chi connectivity index (χ3n) is 2.30. The first kappa shape index (κ1) is 8.17. The van der Waals surface area contributed by atoms with Crippen molar-refractivity contribution < 1.29 is 9.18 Å². The summed E-state index contributed by atoms with van der Waals surface area (Å²) < 4.78 is 13.5. The zero-order chi connectivity index (χ0) is 9.42. The SMILES string of the molecule is CCC1=C(F)c2ccccc2C1=O. The van der Waals surface area contributed by atoms with Gasteiger partial charge in [0, 0.05) is 16.7 Å². The number of ketones is 1. The van der Waals surface area contributed by atoms with Crippen molar-refractivity contribution in [1.82, 2.24) is 0 Å². The van der Waals surface area contributed by atoms with Gasteiger partial charge < -0.3 is 0 Å². The molecule has 13 heavy (non-hydrogen) atoms. The smallest absolute Gasteiger partial charge is 0.192 e. The lowest BCUT2D eigenvalue weighted by atomic mass is 10.1. The quantitative estimate of drug-likeness (QED) is 0.642. The first-order valence-corrected chi connectivity index (χ1v) is 4.28. The van der Waals surface area contributed by atoms with Crippen LogP contribution in [0.15, 0.2) is 29.8 Å². The zero-order valence-corrected chi connectivity index (χ0v) is 7.30. The maximum Gasteiger partial charge on any atom is 0.192 e. The van der Waals surface area contributed by atoms with Crippen LogP contribution in [-0.4, -0.2) is 5.78 Å². The average molecular weight is 176 g/mol. The Morgan fingerprint density at radius 2 is 1.85 bits per heavy atom. The second-order valence-electron chi connectivity index (χ2n) is 3.02. The Kier molecular flexibility index (Phi) is 1.76. The van der Waals surface area contributed by atoms with Crippen LogP contribution in [0.4, 0.5) is 4.39 Å². The Morgan fingerprint density at radius 1 is 1.23 bits per heavy atom. The average Bonchev–Trinajstić information content (AvgIpc) is 2.41. The van der Waals surface area contributed by atoms with Gasteiger partial charge in [-0.2, -0.15) is 0 Å². The molecule has 1 aliphatic carbocycles. The van der Waals surface area contributed by atoms with Crippen LogP contribution in [0.2, 0.25) is 0 Å². The molecule has 0 spiro atoms. The van der Waals surface area contributed by atoms with Crippen LogP contribution in [0.1, 0.15) is 29.3 Å². The molecule has 2 heteroatoms. The largest absolute Gasteiger partial charge is 0.289 e. The summed E-state index contributed by atoms with van der Waals surface area (Å²) in [5.74, 6) is -0.501. The van der Waals surface area contributed by atoms with E-state index in [-0.39, 0.29) is 11.6 Å². The summed E-state index contributed by atoms with van der Waals surface area (Å²) in [6, 6.07) is 6.80. The molecule has 1 nitrogen and oxygen atoms in total. The van der Waals surface area contributed by atoms with Crippen LogP contribution < -0.4 is 0 Å². The lowest BCUT2D eigenvalue weighted by Crippen LogP contribution is -1.96. The van der Waals surface area contributed by atoms with Crippen molar-refractivity contribution in [3.8, 4) is 0 Å². The van der Waals surface area contributed by atoms with Gasteiger partial charge in [0.15, 0.2) is 5.78 Å². The molecule has 1 aromatic rings. The van der Waals surface area contributed by atoms with Gasteiger partial charge >= 0.3 is 0 Å². The van der Waals surface area contributed by atoms with Crippen LogP contribution in [-0.2, 0) is 0 Å². The number of halogens is 1. The monoisotopic (exact) mass is 176 g/mol. The molecule has 0 N–H and O–H groups in total. The van der Waals surface area contributed by atoms with E-state index in [1.807, 2.05) is 0 Å². The molecule has 66 valence electrons. The summed E-state index contributed by atoms with van der Waals surface area (Å²) in [4.78, 5) is 11.5. The first-order valence-electron chi connectivity index (χ1n) is 4.28. The summed E-state index contributed by atoms with van der Waals surface area (Å²) in [7, 11) is 0. The summed E-state index contributed by atoms with van der Waals surface area (Å²) in [6.45, 7) is 1.79. The lowest BCUT2D eigenvalue weighted by molar-refractivity contribution is 0.103. The Balaban J connectivity index is 2.65. The van der Waals surface area contributed by atoms with Gasteiger partial charge in [-0.1, -0.05) is 31.2 Å². The minimum Gasteiger partial charge on any atom is -0.289 e. The fraction of sp³-hybridized carbons (Fsp3) is 0.182. The molecule has 1 aromatic carbocycles. The number of allylic oxidation sites excluding steroid dienone is 1. The number of hydrogen-bond acceptors (Lipinski definition) is 1. The van der Waals surface area contributed by atoms with Crippen molar-refractivity contribution in [2.75, 3.05) is 0 Å². The topological polar surface area (TPSA) is 17.1 Å². The Hall–Kier alpha value is -1.44. The second kappa shape index (κ2) is 2.80. The normalized spacial score (nSPS) is 15.1. The molecule has 0 unspecified atom stereocenters. The summed E-state index contributed by atoms with van der Waals surface area (Å²) >= 11 is 0. The molecule has 0 aliphatic heterocycles. The minimum atomic E-state index is -0.344. The highest BCUT2D eigenvalue weighted by Crippen LogP contribution is 2.34. The van der Waals surface area contributed by atoms with Crippen molar-refractivity contribution in [2.45, 2.75) is 13.3 Å². The van der Waals surface area contributed by atoms with Gasteiger partial charge in [0.25, 0.3) is 0 Å². The van der Waals surface area contributed by atoms with Gasteiger partial charge in [0.1, 0.15) is 5.83 Å². The molecule has 0 amide bonds. The predicted octanol–water partition coefficient (Wildman–Crippen LogP) is 2.97. The van der Waals surface area contributed by atoms with E-state index in [1.165, 1.54) is 0 Å². The molecule has 0 atom stereocenters. The van der Waals surface area contributed by atoms with Crippen LogP contribution in [0.5, 0.6) is 0 Å². The van der Waals surface area contributed by atoms with Crippen molar-refractivity contribution in [2.24, 2.45) is 0 Å². The van der Waals surface area contributed by atoms with Gasteiger partial charge in [-0.05, 0) is 6.42 Å².